The third-order valence-corrected chi connectivity index (χ3v) is 1.54. The Bertz CT molecular complexity index is 346. The number of allylic oxidation sites excluding steroid dienone is 1. The fraction of sp³-hybridized carbons (Fsp3) is 0. The summed E-state index contributed by atoms with van der Waals surface area (Å²) in [4.78, 5) is 11.0. The van der Waals surface area contributed by atoms with Gasteiger partial charge in [0.1, 0.15) is 6.21 Å². The second kappa shape index (κ2) is 5.94. The highest BCUT2D eigenvalue weighted by Gasteiger charge is 1.90. The number of hydrogen-bond acceptors (Lipinski definition) is 3. The van der Waals surface area contributed by atoms with Gasteiger partial charge in [-0.05, 0) is 11.6 Å². The summed E-state index contributed by atoms with van der Waals surface area (Å²) < 4.78 is 3.85. The molecule has 4 heteroatoms. The molecule has 0 aliphatic rings. The van der Waals surface area contributed by atoms with Crippen LogP contribution in [0.3, 0.4) is 0 Å². The van der Waals surface area contributed by atoms with Crippen molar-refractivity contribution in [2.45, 2.75) is 0 Å². The number of rotatable bonds is 4. The van der Waals surface area contributed by atoms with Crippen LogP contribution in [0.2, 0.25) is 0 Å². The third-order valence-electron chi connectivity index (χ3n) is 1.46. The monoisotopic (exact) mass is 209 g/mol. The summed E-state index contributed by atoms with van der Waals surface area (Å²) in [5, 5.41) is 3.12. The second-order valence-corrected chi connectivity index (χ2v) is 2.59. The minimum atomic E-state index is -0.283. The van der Waals surface area contributed by atoms with Crippen molar-refractivity contribution >= 4 is 29.9 Å². The van der Waals surface area contributed by atoms with Crippen LogP contribution in [0.25, 0.3) is 6.08 Å². The summed E-state index contributed by atoms with van der Waals surface area (Å²) in [5.74, 6) is -0.283. The van der Waals surface area contributed by atoms with Crippen molar-refractivity contribution in [3.8, 4) is 0 Å². The number of oxime groups is 1. The van der Waals surface area contributed by atoms with Gasteiger partial charge in [0.25, 0.3) is 0 Å². The van der Waals surface area contributed by atoms with E-state index in [1.807, 2.05) is 30.3 Å². The Kier molecular flexibility index (Phi) is 4.44. The van der Waals surface area contributed by atoms with Crippen molar-refractivity contribution in [2.75, 3.05) is 0 Å². The first-order valence-corrected chi connectivity index (χ1v) is 4.22. The van der Waals surface area contributed by atoms with E-state index in [9.17, 15) is 4.79 Å². The minimum Gasteiger partial charge on any atom is -0.288 e. The zero-order valence-electron chi connectivity index (χ0n) is 7.26. The van der Waals surface area contributed by atoms with Gasteiger partial charge < -0.3 is 0 Å². The first kappa shape index (κ1) is 10.5. The molecular formula is C10H8ClNO2. The van der Waals surface area contributed by atoms with Crippen LogP contribution < -0.4 is 0 Å². The lowest BCUT2D eigenvalue weighted by molar-refractivity contribution is -0.108. The van der Waals surface area contributed by atoms with Crippen LogP contribution in [-0.2, 0) is 9.18 Å². The maximum Gasteiger partial charge on any atom is 0.200 e. The fourth-order valence-corrected chi connectivity index (χ4v) is 0.897. The zero-order valence-corrected chi connectivity index (χ0v) is 8.02. The average molecular weight is 210 g/mol. The van der Waals surface area contributed by atoms with Crippen LogP contribution in [0.15, 0.2) is 41.6 Å². The number of hydrogen-bond donors (Lipinski definition) is 0. The van der Waals surface area contributed by atoms with E-state index in [-0.39, 0.29) is 5.78 Å². The van der Waals surface area contributed by atoms with E-state index in [0.29, 0.717) is 0 Å². The summed E-state index contributed by atoms with van der Waals surface area (Å²) in [5.41, 5.74) is 0.945. The van der Waals surface area contributed by atoms with Gasteiger partial charge in [0.2, 0.25) is 0 Å². The minimum absolute atomic E-state index is 0.283. The second-order valence-electron chi connectivity index (χ2n) is 2.45. The maximum absolute atomic E-state index is 11.0. The molecule has 0 aliphatic heterocycles. The summed E-state index contributed by atoms with van der Waals surface area (Å²) in [6, 6.07) is 9.46. The van der Waals surface area contributed by atoms with Crippen molar-refractivity contribution < 1.29 is 9.18 Å². The van der Waals surface area contributed by atoms with Crippen LogP contribution in [0.1, 0.15) is 5.56 Å². The van der Waals surface area contributed by atoms with Gasteiger partial charge in [0.05, 0.1) is 0 Å². The van der Waals surface area contributed by atoms with Gasteiger partial charge in [-0.25, -0.2) is 0 Å². The summed E-state index contributed by atoms with van der Waals surface area (Å²) >= 11 is 4.79. The number of benzene rings is 1. The molecule has 1 aromatic rings. The predicted molar refractivity (Wildman–Crippen MR) is 55.9 cm³/mol. The quantitative estimate of drug-likeness (QED) is 0.434. The molecule has 0 heterocycles. The van der Waals surface area contributed by atoms with E-state index in [0.717, 1.165) is 11.8 Å². The van der Waals surface area contributed by atoms with Gasteiger partial charge >= 0.3 is 0 Å². The number of carbonyl (C=O) groups is 1. The molecule has 0 fully saturated rings. The summed E-state index contributed by atoms with van der Waals surface area (Å²) in [6.07, 6.45) is 4.06. The highest BCUT2D eigenvalue weighted by atomic mass is 35.5. The number of ketones is 1. The molecule has 0 saturated heterocycles. The molecule has 14 heavy (non-hydrogen) atoms. The molecule has 1 aromatic carbocycles. The molecule has 0 radical (unpaired) electrons. The van der Waals surface area contributed by atoms with Crippen molar-refractivity contribution in [3.63, 3.8) is 0 Å². The number of nitrogens with zero attached hydrogens (tertiary/aromatic N) is 1. The maximum atomic E-state index is 11.0. The van der Waals surface area contributed by atoms with Crippen molar-refractivity contribution in [3.05, 3.63) is 42.0 Å². The molecule has 0 aliphatic carbocycles. The van der Waals surface area contributed by atoms with E-state index in [2.05, 4.69) is 9.55 Å². The van der Waals surface area contributed by atoms with E-state index in [1.165, 1.54) is 6.08 Å². The molecule has 3 nitrogen and oxygen atoms in total. The normalized spacial score (nSPS) is 10.9. The lowest BCUT2D eigenvalue weighted by Crippen LogP contribution is -1.92. The van der Waals surface area contributed by atoms with Crippen LogP contribution in [0, 0.1) is 0 Å². The molecule has 0 unspecified atom stereocenters. The van der Waals surface area contributed by atoms with E-state index >= 15 is 0 Å². The Morgan fingerprint density at radius 3 is 2.71 bits per heavy atom. The van der Waals surface area contributed by atoms with E-state index in [4.69, 9.17) is 11.9 Å². The summed E-state index contributed by atoms with van der Waals surface area (Å²) in [7, 11) is 0. The van der Waals surface area contributed by atoms with Gasteiger partial charge in [-0.15, -0.1) is 0 Å². The molecule has 0 bridgehead atoms. The molecule has 0 atom stereocenters. The Labute approximate surface area is 86.8 Å². The van der Waals surface area contributed by atoms with Gasteiger partial charge in [-0.1, -0.05) is 41.6 Å². The van der Waals surface area contributed by atoms with Crippen molar-refractivity contribution in [1.29, 1.82) is 0 Å². The first-order chi connectivity index (χ1) is 6.83. The Hall–Kier alpha value is -1.61. The lowest BCUT2D eigenvalue weighted by atomic mass is 10.2. The van der Waals surface area contributed by atoms with Gasteiger partial charge in [0.15, 0.2) is 17.6 Å². The standard InChI is InChI=1S/C10H8ClNO2/c11-14-12-8-10(13)7-6-9-4-2-1-3-5-9/h1-8H. The van der Waals surface area contributed by atoms with Crippen LogP contribution in [-0.4, -0.2) is 12.0 Å². The molecule has 0 amide bonds. The fourth-order valence-electron chi connectivity index (χ4n) is 0.857. The van der Waals surface area contributed by atoms with Crippen LogP contribution >= 0.6 is 11.9 Å². The molecule has 0 saturated carbocycles. The first-order valence-electron chi connectivity index (χ1n) is 3.91. The van der Waals surface area contributed by atoms with E-state index in [1.54, 1.807) is 6.08 Å². The highest BCUT2D eigenvalue weighted by Crippen LogP contribution is 2.00. The topological polar surface area (TPSA) is 38.7 Å². The highest BCUT2D eigenvalue weighted by molar-refractivity contribution is 6.33. The average Bonchev–Trinajstić information content (AvgIpc) is 2.25. The lowest BCUT2D eigenvalue weighted by Gasteiger charge is -1.88. The van der Waals surface area contributed by atoms with Crippen molar-refractivity contribution in [1.82, 2.24) is 0 Å². The van der Waals surface area contributed by atoms with Gasteiger partial charge in [-0.3, -0.25) is 9.18 Å². The van der Waals surface area contributed by atoms with E-state index < -0.39 is 0 Å². The molecular weight excluding hydrogens is 202 g/mol. The molecule has 0 aromatic heterocycles. The van der Waals surface area contributed by atoms with Gasteiger partial charge in [-0.2, -0.15) is 0 Å². The molecule has 72 valence electrons. The molecule has 0 N–H and O–H groups in total. The SMILES string of the molecule is O=C(C=Cc1ccccc1)C=NOCl. The summed E-state index contributed by atoms with van der Waals surface area (Å²) in [6.45, 7) is 0. The predicted octanol–water partition coefficient (Wildman–Crippen LogP) is 2.43. The van der Waals surface area contributed by atoms with Crippen molar-refractivity contribution in [2.24, 2.45) is 5.16 Å². The zero-order chi connectivity index (χ0) is 10.2. The number of halogens is 1. The smallest absolute Gasteiger partial charge is 0.200 e. The Balaban J connectivity index is 2.56. The Morgan fingerprint density at radius 1 is 1.36 bits per heavy atom. The van der Waals surface area contributed by atoms with Gasteiger partial charge in [0, 0.05) is 0 Å². The molecule has 0 spiro atoms. The van der Waals surface area contributed by atoms with Crippen LogP contribution in [0.5, 0.6) is 0 Å². The van der Waals surface area contributed by atoms with Crippen LogP contribution in [0.4, 0.5) is 0 Å². The number of carbonyl (C=O) groups excluding carboxylic acids is 1. The largest absolute Gasteiger partial charge is 0.288 e. The Morgan fingerprint density at radius 2 is 2.07 bits per heavy atom. The third kappa shape index (κ3) is 3.87. The molecule has 1 rings (SSSR count).